The molecule has 0 aromatic heterocycles. The Bertz CT molecular complexity index is 353. The van der Waals surface area contributed by atoms with E-state index in [1.54, 1.807) is 0 Å². The van der Waals surface area contributed by atoms with Gasteiger partial charge in [-0.1, -0.05) is 43.2 Å². The fraction of sp³-hybridized carbons (Fsp3) is 0.625. The molecule has 2 aliphatic carbocycles. The van der Waals surface area contributed by atoms with E-state index in [1.165, 1.54) is 44.1 Å². The number of ether oxygens (including phenoxy) is 1. The highest BCUT2D eigenvalue weighted by Gasteiger charge is 2.49. The quantitative estimate of drug-likeness (QED) is 0.754. The largest absolute Gasteiger partial charge is 0.376 e. The predicted octanol–water partition coefficient (Wildman–Crippen LogP) is 4.17. The fourth-order valence-corrected chi connectivity index (χ4v) is 3.35. The average Bonchev–Trinajstić information content (AvgIpc) is 3.14. The van der Waals surface area contributed by atoms with E-state index in [2.05, 4.69) is 30.3 Å². The first-order valence-electron chi connectivity index (χ1n) is 7.01. The lowest BCUT2D eigenvalue weighted by atomic mass is 9.77. The molecule has 3 rings (SSSR count). The van der Waals surface area contributed by atoms with Crippen molar-refractivity contribution >= 4 is 0 Å². The van der Waals surface area contributed by atoms with Crippen molar-refractivity contribution in [2.45, 2.75) is 45.1 Å². The zero-order valence-corrected chi connectivity index (χ0v) is 10.5. The third-order valence-corrected chi connectivity index (χ3v) is 4.67. The minimum atomic E-state index is 0.717. The van der Waals surface area contributed by atoms with E-state index in [-0.39, 0.29) is 0 Å². The van der Waals surface area contributed by atoms with Crippen LogP contribution in [0.4, 0.5) is 0 Å². The van der Waals surface area contributed by atoms with Gasteiger partial charge >= 0.3 is 0 Å². The average molecular weight is 230 g/mol. The summed E-state index contributed by atoms with van der Waals surface area (Å²) in [6, 6.07) is 10.5. The molecular weight excluding hydrogens is 208 g/mol. The van der Waals surface area contributed by atoms with Crippen molar-refractivity contribution in [2.75, 3.05) is 6.61 Å². The van der Waals surface area contributed by atoms with Gasteiger partial charge in [0.25, 0.3) is 0 Å². The van der Waals surface area contributed by atoms with Gasteiger partial charge in [0.05, 0.1) is 13.2 Å². The SMILES string of the molecule is c1ccc(COCC2CCCCC23CC3)cc1. The summed E-state index contributed by atoms with van der Waals surface area (Å²) in [7, 11) is 0. The molecule has 1 unspecified atom stereocenters. The number of hydrogen-bond acceptors (Lipinski definition) is 1. The molecule has 1 spiro atoms. The summed E-state index contributed by atoms with van der Waals surface area (Å²) < 4.78 is 5.93. The molecular formula is C16H22O. The maximum Gasteiger partial charge on any atom is 0.0717 e. The van der Waals surface area contributed by atoms with Crippen molar-refractivity contribution in [1.29, 1.82) is 0 Å². The van der Waals surface area contributed by atoms with Crippen molar-refractivity contribution in [3.8, 4) is 0 Å². The van der Waals surface area contributed by atoms with Crippen LogP contribution >= 0.6 is 0 Å². The third-order valence-electron chi connectivity index (χ3n) is 4.67. The molecule has 2 fully saturated rings. The zero-order chi connectivity index (χ0) is 11.6. The lowest BCUT2D eigenvalue weighted by Crippen LogP contribution is -2.25. The molecule has 0 heterocycles. The van der Waals surface area contributed by atoms with Crippen molar-refractivity contribution in [3.63, 3.8) is 0 Å². The number of benzene rings is 1. The molecule has 2 aliphatic rings. The van der Waals surface area contributed by atoms with Gasteiger partial charge in [-0.25, -0.2) is 0 Å². The van der Waals surface area contributed by atoms with Crippen molar-refractivity contribution in [3.05, 3.63) is 35.9 Å². The van der Waals surface area contributed by atoms with Gasteiger partial charge in [-0.2, -0.15) is 0 Å². The van der Waals surface area contributed by atoms with Gasteiger partial charge < -0.3 is 4.74 Å². The van der Waals surface area contributed by atoms with E-state index >= 15 is 0 Å². The smallest absolute Gasteiger partial charge is 0.0717 e. The second-order valence-electron chi connectivity index (χ2n) is 5.81. The molecule has 0 N–H and O–H groups in total. The second-order valence-corrected chi connectivity index (χ2v) is 5.81. The van der Waals surface area contributed by atoms with Crippen molar-refractivity contribution < 1.29 is 4.74 Å². The predicted molar refractivity (Wildman–Crippen MR) is 69.7 cm³/mol. The first-order chi connectivity index (χ1) is 8.39. The summed E-state index contributed by atoms with van der Waals surface area (Å²) in [5.74, 6) is 0.847. The summed E-state index contributed by atoms with van der Waals surface area (Å²) in [5.41, 5.74) is 2.02. The summed E-state index contributed by atoms with van der Waals surface area (Å²) in [6.45, 7) is 1.77. The highest BCUT2D eigenvalue weighted by molar-refractivity contribution is 5.13. The topological polar surface area (TPSA) is 9.23 Å². The van der Waals surface area contributed by atoms with Gasteiger partial charge in [-0.05, 0) is 42.6 Å². The molecule has 17 heavy (non-hydrogen) atoms. The van der Waals surface area contributed by atoms with Crippen LogP contribution in [0.5, 0.6) is 0 Å². The van der Waals surface area contributed by atoms with Crippen LogP contribution in [-0.4, -0.2) is 6.61 Å². The Morgan fingerprint density at radius 3 is 2.65 bits per heavy atom. The summed E-state index contributed by atoms with van der Waals surface area (Å²) in [6.07, 6.45) is 8.66. The second kappa shape index (κ2) is 4.81. The molecule has 0 amide bonds. The minimum Gasteiger partial charge on any atom is -0.376 e. The van der Waals surface area contributed by atoms with Gasteiger partial charge in [-0.15, -0.1) is 0 Å². The van der Waals surface area contributed by atoms with E-state index < -0.39 is 0 Å². The van der Waals surface area contributed by atoms with E-state index in [4.69, 9.17) is 4.74 Å². The molecule has 92 valence electrons. The van der Waals surface area contributed by atoms with Gasteiger partial charge in [-0.3, -0.25) is 0 Å². The van der Waals surface area contributed by atoms with Crippen LogP contribution in [0.1, 0.15) is 44.1 Å². The van der Waals surface area contributed by atoms with Crippen molar-refractivity contribution in [1.82, 2.24) is 0 Å². The van der Waals surface area contributed by atoms with E-state index in [9.17, 15) is 0 Å². The first kappa shape index (κ1) is 11.3. The summed E-state index contributed by atoms with van der Waals surface area (Å²) in [5, 5.41) is 0. The first-order valence-corrected chi connectivity index (χ1v) is 7.01. The zero-order valence-electron chi connectivity index (χ0n) is 10.5. The molecule has 0 bridgehead atoms. The van der Waals surface area contributed by atoms with Crippen LogP contribution < -0.4 is 0 Å². The molecule has 2 saturated carbocycles. The van der Waals surface area contributed by atoms with Gasteiger partial charge in [0.2, 0.25) is 0 Å². The minimum absolute atomic E-state index is 0.717. The summed E-state index contributed by atoms with van der Waals surface area (Å²) in [4.78, 5) is 0. The third kappa shape index (κ3) is 2.55. The Balaban J connectivity index is 1.48. The fourth-order valence-electron chi connectivity index (χ4n) is 3.35. The Morgan fingerprint density at radius 1 is 1.06 bits per heavy atom. The Hall–Kier alpha value is -0.820. The molecule has 1 nitrogen and oxygen atoms in total. The monoisotopic (exact) mass is 230 g/mol. The van der Waals surface area contributed by atoms with E-state index in [1.807, 2.05) is 0 Å². The van der Waals surface area contributed by atoms with Gasteiger partial charge in [0, 0.05) is 0 Å². The van der Waals surface area contributed by atoms with Crippen LogP contribution in [-0.2, 0) is 11.3 Å². The Morgan fingerprint density at radius 2 is 1.88 bits per heavy atom. The van der Waals surface area contributed by atoms with E-state index in [0.717, 1.165) is 24.5 Å². The van der Waals surface area contributed by atoms with Crippen LogP contribution in [0.25, 0.3) is 0 Å². The van der Waals surface area contributed by atoms with Crippen LogP contribution in [0.3, 0.4) is 0 Å². The molecule has 1 atom stereocenters. The van der Waals surface area contributed by atoms with Crippen LogP contribution in [0.15, 0.2) is 30.3 Å². The lowest BCUT2D eigenvalue weighted by molar-refractivity contribution is 0.0412. The molecule has 1 aromatic rings. The maximum atomic E-state index is 5.93. The van der Waals surface area contributed by atoms with Gasteiger partial charge in [0.15, 0.2) is 0 Å². The number of rotatable bonds is 4. The Kier molecular flexibility index (Phi) is 3.19. The standard InChI is InChI=1S/C16H22O/c1-2-6-14(7-3-1)12-17-13-15-8-4-5-9-16(15)10-11-16/h1-3,6-7,15H,4-5,8-13H2. The molecule has 0 saturated heterocycles. The molecule has 0 radical (unpaired) electrons. The highest BCUT2D eigenvalue weighted by atomic mass is 16.5. The number of hydrogen-bond donors (Lipinski definition) is 0. The highest BCUT2D eigenvalue weighted by Crippen LogP contribution is 2.59. The summed E-state index contributed by atoms with van der Waals surface area (Å²) >= 11 is 0. The van der Waals surface area contributed by atoms with E-state index in [0.29, 0.717) is 0 Å². The molecule has 0 aliphatic heterocycles. The normalized spacial score (nSPS) is 26.0. The Labute approximate surface area is 104 Å². The van der Waals surface area contributed by atoms with Gasteiger partial charge in [0.1, 0.15) is 0 Å². The van der Waals surface area contributed by atoms with Crippen LogP contribution in [0, 0.1) is 11.3 Å². The maximum absolute atomic E-state index is 5.93. The van der Waals surface area contributed by atoms with Crippen LogP contribution in [0.2, 0.25) is 0 Å². The van der Waals surface area contributed by atoms with Crippen molar-refractivity contribution in [2.24, 2.45) is 11.3 Å². The lowest BCUT2D eigenvalue weighted by Gasteiger charge is -2.31. The molecule has 1 aromatic carbocycles. The molecule has 1 heteroatoms.